The zero-order valence-electron chi connectivity index (χ0n) is 11.9. The Kier molecular flexibility index (Phi) is 5.58. The fraction of sp³-hybridized carbons (Fsp3) is 0.571. The number of rotatable bonds is 6. The third kappa shape index (κ3) is 4.16. The number of hydrogen-bond donors (Lipinski definition) is 3. The average molecular weight is 314 g/mol. The molecule has 1 saturated heterocycles. The lowest BCUT2D eigenvalue weighted by Gasteiger charge is -2.25. The number of nitrogens with one attached hydrogen (secondary N) is 1. The van der Waals surface area contributed by atoms with Crippen LogP contribution in [0.3, 0.4) is 0 Å². The molecule has 0 aliphatic carbocycles. The Bertz CT molecular complexity index is 539. The molecule has 0 amide bonds. The van der Waals surface area contributed by atoms with Gasteiger partial charge in [-0.3, -0.25) is 0 Å². The Morgan fingerprint density at radius 2 is 1.76 bits per heavy atom. The second kappa shape index (κ2) is 7.22. The molecule has 1 atom stereocenters. The van der Waals surface area contributed by atoms with Gasteiger partial charge in [0, 0.05) is 25.3 Å². The first-order valence-corrected chi connectivity index (χ1v) is 8.61. The van der Waals surface area contributed by atoms with Gasteiger partial charge in [0.25, 0.3) is 0 Å². The highest BCUT2D eigenvalue weighted by Crippen LogP contribution is 2.21. The summed E-state index contributed by atoms with van der Waals surface area (Å²) in [6.07, 6.45) is 2.08. The Morgan fingerprint density at radius 3 is 2.33 bits per heavy atom. The number of aliphatic hydroxyl groups is 2. The van der Waals surface area contributed by atoms with Crippen molar-refractivity contribution in [1.82, 2.24) is 4.31 Å². The van der Waals surface area contributed by atoms with Crippen LogP contribution in [0.1, 0.15) is 19.3 Å². The molecule has 3 N–H and O–H groups in total. The summed E-state index contributed by atoms with van der Waals surface area (Å²) >= 11 is 0. The van der Waals surface area contributed by atoms with Crippen LogP contribution in [0.4, 0.5) is 5.69 Å². The molecule has 1 heterocycles. The average Bonchev–Trinajstić information content (AvgIpc) is 2.53. The standard InChI is InChI=1S/C14H22N2O4S/c17-11-13(18)10-15-12-4-6-14(7-5-12)21(19,20)16-8-2-1-3-9-16/h4-7,13,15,17-18H,1-3,8-11H2. The van der Waals surface area contributed by atoms with Gasteiger partial charge < -0.3 is 15.5 Å². The SMILES string of the molecule is O=S(=O)(c1ccc(NCC(O)CO)cc1)N1CCCCC1. The third-order valence-electron chi connectivity index (χ3n) is 3.56. The first-order valence-electron chi connectivity index (χ1n) is 7.17. The van der Waals surface area contributed by atoms with Crippen LogP contribution in [0.5, 0.6) is 0 Å². The molecule has 1 unspecified atom stereocenters. The summed E-state index contributed by atoms with van der Waals surface area (Å²) in [4.78, 5) is 0.289. The molecule has 21 heavy (non-hydrogen) atoms. The minimum absolute atomic E-state index is 0.217. The molecule has 2 rings (SSSR count). The van der Waals surface area contributed by atoms with Gasteiger partial charge in [0.05, 0.1) is 17.6 Å². The normalized spacial score (nSPS) is 18.4. The van der Waals surface area contributed by atoms with Gasteiger partial charge in [-0.25, -0.2) is 8.42 Å². The predicted octanol–water partition coefficient (Wildman–Crippen LogP) is 0.626. The summed E-state index contributed by atoms with van der Waals surface area (Å²) in [5.74, 6) is 0. The maximum absolute atomic E-state index is 12.4. The number of hydrogen-bond acceptors (Lipinski definition) is 5. The van der Waals surface area contributed by atoms with Crippen LogP contribution >= 0.6 is 0 Å². The monoisotopic (exact) mass is 314 g/mol. The molecule has 1 aliphatic heterocycles. The minimum atomic E-state index is -3.40. The highest BCUT2D eigenvalue weighted by molar-refractivity contribution is 7.89. The first kappa shape index (κ1) is 16.2. The lowest BCUT2D eigenvalue weighted by atomic mass is 10.2. The molecule has 0 spiro atoms. The number of nitrogens with zero attached hydrogens (tertiary/aromatic N) is 1. The molecule has 0 radical (unpaired) electrons. The van der Waals surface area contributed by atoms with Crippen LogP contribution in [0.2, 0.25) is 0 Å². The number of sulfonamides is 1. The fourth-order valence-electron chi connectivity index (χ4n) is 2.30. The van der Waals surface area contributed by atoms with Gasteiger partial charge in [-0.1, -0.05) is 6.42 Å². The van der Waals surface area contributed by atoms with E-state index in [1.807, 2.05) is 0 Å². The molecule has 1 aromatic carbocycles. The zero-order chi connectivity index (χ0) is 15.3. The summed E-state index contributed by atoms with van der Waals surface area (Å²) in [5.41, 5.74) is 0.708. The van der Waals surface area contributed by atoms with E-state index in [1.165, 1.54) is 4.31 Å². The van der Waals surface area contributed by atoms with Crippen LogP contribution in [0.15, 0.2) is 29.2 Å². The number of piperidine rings is 1. The van der Waals surface area contributed by atoms with Crippen molar-refractivity contribution in [3.63, 3.8) is 0 Å². The van der Waals surface area contributed by atoms with Crippen molar-refractivity contribution >= 4 is 15.7 Å². The van der Waals surface area contributed by atoms with E-state index in [0.29, 0.717) is 18.8 Å². The highest BCUT2D eigenvalue weighted by Gasteiger charge is 2.25. The minimum Gasteiger partial charge on any atom is -0.394 e. The molecular formula is C14H22N2O4S. The van der Waals surface area contributed by atoms with Gasteiger partial charge in [0.15, 0.2) is 0 Å². The first-order chi connectivity index (χ1) is 10.0. The molecule has 118 valence electrons. The molecule has 6 nitrogen and oxygen atoms in total. The van der Waals surface area contributed by atoms with Crippen molar-refractivity contribution in [2.24, 2.45) is 0 Å². The summed E-state index contributed by atoms with van der Waals surface area (Å²) in [5, 5.41) is 20.9. The quantitative estimate of drug-likeness (QED) is 0.716. The maximum Gasteiger partial charge on any atom is 0.243 e. The Labute approximate surface area is 125 Å². The molecule has 1 aromatic rings. The Hall–Kier alpha value is -1.15. The maximum atomic E-state index is 12.4. The summed E-state index contributed by atoms with van der Waals surface area (Å²) < 4.78 is 26.4. The molecule has 0 bridgehead atoms. The van der Waals surface area contributed by atoms with E-state index in [1.54, 1.807) is 24.3 Å². The van der Waals surface area contributed by atoms with E-state index in [2.05, 4.69) is 5.32 Å². The Morgan fingerprint density at radius 1 is 1.14 bits per heavy atom. The van der Waals surface area contributed by atoms with E-state index < -0.39 is 16.1 Å². The van der Waals surface area contributed by atoms with E-state index in [9.17, 15) is 13.5 Å². The van der Waals surface area contributed by atoms with E-state index in [4.69, 9.17) is 5.11 Å². The van der Waals surface area contributed by atoms with Crippen LogP contribution in [-0.2, 0) is 10.0 Å². The zero-order valence-corrected chi connectivity index (χ0v) is 12.7. The predicted molar refractivity (Wildman–Crippen MR) is 80.6 cm³/mol. The Balaban J connectivity index is 2.03. The number of anilines is 1. The highest BCUT2D eigenvalue weighted by atomic mass is 32.2. The van der Waals surface area contributed by atoms with E-state index in [-0.39, 0.29) is 18.0 Å². The second-order valence-electron chi connectivity index (χ2n) is 5.21. The molecule has 0 aromatic heterocycles. The van der Waals surface area contributed by atoms with Gasteiger partial charge in [-0.05, 0) is 37.1 Å². The largest absolute Gasteiger partial charge is 0.394 e. The summed E-state index contributed by atoms with van der Waals surface area (Å²) in [6, 6.07) is 6.47. The lowest BCUT2D eigenvalue weighted by molar-refractivity contribution is 0.105. The van der Waals surface area contributed by atoms with Crippen molar-refractivity contribution in [2.45, 2.75) is 30.3 Å². The van der Waals surface area contributed by atoms with Gasteiger partial charge in [0.2, 0.25) is 10.0 Å². The third-order valence-corrected chi connectivity index (χ3v) is 5.47. The summed E-state index contributed by atoms with van der Waals surface area (Å²) in [7, 11) is -3.40. The topological polar surface area (TPSA) is 89.9 Å². The van der Waals surface area contributed by atoms with E-state index in [0.717, 1.165) is 19.3 Å². The van der Waals surface area contributed by atoms with Gasteiger partial charge in [0.1, 0.15) is 0 Å². The molecule has 1 fully saturated rings. The number of benzene rings is 1. The van der Waals surface area contributed by atoms with Crippen molar-refractivity contribution in [3.8, 4) is 0 Å². The number of aliphatic hydroxyl groups excluding tert-OH is 2. The van der Waals surface area contributed by atoms with Crippen molar-refractivity contribution in [2.75, 3.05) is 31.6 Å². The molecular weight excluding hydrogens is 292 g/mol. The van der Waals surface area contributed by atoms with Crippen molar-refractivity contribution < 1.29 is 18.6 Å². The van der Waals surface area contributed by atoms with Crippen LogP contribution in [0.25, 0.3) is 0 Å². The molecule has 0 saturated carbocycles. The van der Waals surface area contributed by atoms with Gasteiger partial charge in [-0.2, -0.15) is 4.31 Å². The summed E-state index contributed by atoms with van der Waals surface area (Å²) in [6.45, 7) is 1.08. The fourth-order valence-corrected chi connectivity index (χ4v) is 3.82. The molecule has 7 heteroatoms. The van der Waals surface area contributed by atoms with Crippen molar-refractivity contribution in [3.05, 3.63) is 24.3 Å². The van der Waals surface area contributed by atoms with Crippen LogP contribution in [0, 0.1) is 0 Å². The second-order valence-corrected chi connectivity index (χ2v) is 7.14. The van der Waals surface area contributed by atoms with Gasteiger partial charge in [-0.15, -0.1) is 0 Å². The lowest BCUT2D eigenvalue weighted by Crippen LogP contribution is -2.35. The molecule has 1 aliphatic rings. The van der Waals surface area contributed by atoms with Gasteiger partial charge >= 0.3 is 0 Å². The van der Waals surface area contributed by atoms with Crippen LogP contribution in [-0.4, -0.2) is 55.3 Å². The van der Waals surface area contributed by atoms with Crippen molar-refractivity contribution in [1.29, 1.82) is 0 Å². The smallest absolute Gasteiger partial charge is 0.243 e. The van der Waals surface area contributed by atoms with Crippen LogP contribution < -0.4 is 5.32 Å². The van der Waals surface area contributed by atoms with E-state index >= 15 is 0 Å².